The van der Waals surface area contributed by atoms with Crippen molar-refractivity contribution in [1.82, 2.24) is 0 Å². The summed E-state index contributed by atoms with van der Waals surface area (Å²) in [6.07, 6.45) is 6.84. The van der Waals surface area contributed by atoms with E-state index in [1.54, 1.807) is 11.1 Å². The van der Waals surface area contributed by atoms with Gasteiger partial charge in [-0.25, -0.2) is 0 Å². The first-order valence-corrected chi connectivity index (χ1v) is 28.5. The summed E-state index contributed by atoms with van der Waals surface area (Å²) in [5.41, 5.74) is 16.1. The lowest BCUT2D eigenvalue weighted by Gasteiger charge is -2.61. The summed E-state index contributed by atoms with van der Waals surface area (Å²) >= 11 is 2.06. The van der Waals surface area contributed by atoms with Crippen molar-refractivity contribution in [2.75, 3.05) is 9.80 Å². The molecule has 1 aromatic heterocycles. The van der Waals surface area contributed by atoms with Gasteiger partial charge >= 0.3 is 0 Å². The minimum atomic E-state index is -0.00174. The molecule has 4 bridgehead atoms. The van der Waals surface area contributed by atoms with E-state index in [0.29, 0.717) is 11.8 Å². The van der Waals surface area contributed by atoms with Gasteiger partial charge in [0, 0.05) is 59.7 Å². The largest absolute Gasteiger partial charge is 0.310 e. The second-order valence-electron chi connectivity index (χ2n) is 25.1. The normalized spacial score (nSPS) is 20.7. The Hall–Kier alpha value is -7.20. The number of benzene rings is 10. The van der Waals surface area contributed by atoms with Gasteiger partial charge < -0.3 is 9.80 Å². The first-order chi connectivity index (χ1) is 36.3. The van der Waals surface area contributed by atoms with Gasteiger partial charge in [-0.2, -0.15) is 0 Å². The molecular weight excluding hydrogens is 925 g/mol. The van der Waals surface area contributed by atoms with Crippen LogP contribution >= 0.6 is 11.3 Å². The molecule has 5 aliphatic carbocycles. The van der Waals surface area contributed by atoms with Crippen LogP contribution in [0.1, 0.15) is 95.9 Å². The fourth-order valence-electron chi connectivity index (χ4n) is 15.2. The van der Waals surface area contributed by atoms with E-state index in [0.717, 1.165) is 11.8 Å². The van der Waals surface area contributed by atoms with E-state index < -0.39 is 0 Å². The van der Waals surface area contributed by atoms with Crippen LogP contribution in [0.15, 0.2) is 194 Å². The van der Waals surface area contributed by atoms with Crippen LogP contribution in [0.4, 0.5) is 34.1 Å². The maximum absolute atomic E-state index is 2.70. The van der Waals surface area contributed by atoms with E-state index >= 15 is 0 Å². The molecule has 11 aromatic rings. The van der Waals surface area contributed by atoms with Crippen molar-refractivity contribution < 1.29 is 0 Å². The average Bonchev–Trinajstić information content (AvgIpc) is 4.05. The predicted molar refractivity (Wildman–Crippen MR) is 322 cm³/mol. The summed E-state index contributed by atoms with van der Waals surface area (Å²) in [4.78, 5) is 4.96. The van der Waals surface area contributed by atoms with Crippen molar-refractivity contribution >= 4 is 98.0 Å². The van der Waals surface area contributed by atoms with Gasteiger partial charge in [-0.3, -0.25) is 0 Å². The van der Waals surface area contributed by atoms with Crippen LogP contribution in [0.25, 0.3) is 63.6 Å². The number of hydrogen-bond donors (Lipinski definition) is 0. The molecular formula is C72H64N2S. The summed E-state index contributed by atoms with van der Waals surface area (Å²) in [7, 11) is 0. The molecule has 0 aliphatic heterocycles. The van der Waals surface area contributed by atoms with Crippen molar-refractivity contribution in [2.24, 2.45) is 23.7 Å². The summed E-state index contributed by atoms with van der Waals surface area (Å²) < 4.78 is 2.89. The minimum absolute atomic E-state index is 0.00174. The molecule has 4 fully saturated rings. The lowest BCUT2D eigenvalue weighted by atomic mass is 9.43. The molecule has 0 radical (unpaired) electrons. The Kier molecular flexibility index (Phi) is 9.89. The van der Waals surface area contributed by atoms with Gasteiger partial charge in [-0.1, -0.05) is 145 Å². The van der Waals surface area contributed by atoms with E-state index in [2.05, 4.69) is 257 Å². The monoisotopic (exact) mass is 988 g/mol. The van der Waals surface area contributed by atoms with Gasteiger partial charge in [-0.15, -0.1) is 11.3 Å². The molecule has 1 heterocycles. The third-order valence-electron chi connectivity index (χ3n) is 18.6. The highest BCUT2D eigenvalue weighted by Gasteiger charge is 2.62. The lowest BCUT2D eigenvalue weighted by molar-refractivity contribution is -0.0392. The Balaban J connectivity index is 0.900. The quantitative estimate of drug-likeness (QED) is 0.164. The van der Waals surface area contributed by atoms with E-state index in [1.165, 1.54) is 141 Å². The molecule has 0 N–H and O–H groups in total. The van der Waals surface area contributed by atoms with E-state index in [9.17, 15) is 0 Å². The fourth-order valence-corrected chi connectivity index (χ4v) is 16.6. The Bertz CT molecular complexity index is 4080. The molecule has 368 valence electrons. The zero-order valence-electron chi connectivity index (χ0n) is 44.1. The van der Waals surface area contributed by atoms with Gasteiger partial charge in [0.25, 0.3) is 0 Å². The Morgan fingerprint density at radius 2 is 0.840 bits per heavy atom. The van der Waals surface area contributed by atoms with Crippen LogP contribution in [0.5, 0.6) is 0 Å². The summed E-state index contributed by atoms with van der Waals surface area (Å²) in [6.45, 7) is 13.8. The predicted octanol–water partition coefficient (Wildman–Crippen LogP) is 20.8. The van der Waals surface area contributed by atoms with Crippen molar-refractivity contribution in [3.63, 3.8) is 0 Å². The highest BCUT2D eigenvalue weighted by Crippen LogP contribution is 2.71. The molecule has 4 saturated carbocycles. The Labute approximate surface area is 446 Å². The molecule has 0 amide bonds. The number of rotatable bonds is 6. The fraction of sp³-hybridized carbons (Fsp3) is 0.250. The minimum Gasteiger partial charge on any atom is -0.310 e. The number of fused-ring (bicyclic) bond motifs is 10. The lowest BCUT2D eigenvalue weighted by Crippen LogP contribution is -2.55. The average molecular weight is 989 g/mol. The molecule has 5 aliphatic rings. The van der Waals surface area contributed by atoms with Gasteiger partial charge in [0.2, 0.25) is 0 Å². The van der Waals surface area contributed by atoms with Crippen molar-refractivity contribution in [3.05, 3.63) is 216 Å². The molecule has 75 heavy (non-hydrogen) atoms. The molecule has 0 unspecified atom stereocenters. The molecule has 1 spiro atoms. The summed E-state index contributed by atoms with van der Waals surface area (Å²) in [5, 5.41) is 10.5. The van der Waals surface area contributed by atoms with Gasteiger partial charge in [0.05, 0.1) is 0 Å². The molecule has 3 heteroatoms. The second-order valence-corrected chi connectivity index (χ2v) is 26.1. The van der Waals surface area contributed by atoms with Gasteiger partial charge in [-0.05, 0) is 223 Å². The molecule has 2 nitrogen and oxygen atoms in total. The Morgan fingerprint density at radius 1 is 0.387 bits per heavy atom. The van der Waals surface area contributed by atoms with E-state index in [-0.39, 0.29) is 16.2 Å². The maximum atomic E-state index is 2.70. The van der Waals surface area contributed by atoms with Crippen molar-refractivity contribution in [1.29, 1.82) is 0 Å². The molecule has 10 aromatic carbocycles. The topological polar surface area (TPSA) is 6.48 Å². The number of nitrogens with zero attached hydrogens (tertiary/aromatic N) is 2. The van der Waals surface area contributed by atoms with Crippen LogP contribution in [0.2, 0.25) is 0 Å². The number of thiophene rings is 1. The van der Waals surface area contributed by atoms with Crippen LogP contribution in [0.3, 0.4) is 0 Å². The Morgan fingerprint density at radius 3 is 1.37 bits per heavy atom. The first-order valence-electron chi connectivity index (χ1n) is 27.7. The highest BCUT2D eigenvalue weighted by molar-refractivity contribution is 7.26. The number of anilines is 6. The van der Waals surface area contributed by atoms with Crippen molar-refractivity contribution in [2.45, 2.75) is 89.9 Å². The smallest absolute Gasteiger partial charge is 0.0468 e. The van der Waals surface area contributed by atoms with Crippen LogP contribution in [-0.2, 0) is 16.2 Å². The third-order valence-corrected chi connectivity index (χ3v) is 19.8. The van der Waals surface area contributed by atoms with E-state index in [1.807, 2.05) is 0 Å². The van der Waals surface area contributed by atoms with E-state index in [4.69, 9.17) is 0 Å². The van der Waals surface area contributed by atoms with Crippen LogP contribution in [-0.4, -0.2) is 0 Å². The maximum Gasteiger partial charge on any atom is 0.0468 e. The third kappa shape index (κ3) is 7.03. The molecule has 16 rings (SSSR count). The molecule has 0 saturated heterocycles. The zero-order chi connectivity index (χ0) is 50.5. The van der Waals surface area contributed by atoms with Crippen molar-refractivity contribution in [3.8, 4) is 11.1 Å². The summed E-state index contributed by atoms with van der Waals surface area (Å²) in [6, 6.07) is 74.9. The highest BCUT2D eigenvalue weighted by atomic mass is 32.1. The first kappa shape index (κ1) is 45.2. The standard InChI is InChI=1S/C72H64N2S/c1-70(2,3)52-18-25-56(26-19-52)73(58-22-15-46-11-7-9-13-48(46)38-58)60-24-17-50-41-64-62-30-31-63-65-43-61(74(57-27-20-53(21-28-57)71(4,5)6)59-23-16-47-12-8-10-14-49(47)39-59)29-32-67(65)75-69(63)68(62)72(66(64)42-51(50)40-60)54-34-44-33-45(36-54)37-55(72)35-44/h7-32,38-45,54-55H,33-37H2,1-6H3. The zero-order valence-corrected chi connectivity index (χ0v) is 44.9. The number of hydrogen-bond acceptors (Lipinski definition) is 3. The van der Waals surface area contributed by atoms with Gasteiger partial charge in [0.1, 0.15) is 0 Å². The van der Waals surface area contributed by atoms with Crippen LogP contribution in [0, 0.1) is 23.7 Å². The second kappa shape index (κ2) is 16.4. The van der Waals surface area contributed by atoms with Crippen LogP contribution < -0.4 is 9.80 Å². The molecule has 0 atom stereocenters. The summed E-state index contributed by atoms with van der Waals surface area (Å²) in [5.74, 6) is 3.02. The van der Waals surface area contributed by atoms with Gasteiger partial charge in [0.15, 0.2) is 0 Å². The SMILES string of the molecule is CC(C)(C)c1ccc(N(c2ccc3ccccc3c2)c2ccc3cc4c(cc3c2)C2(c3c-4ccc4c3sc3ccc(N(c5ccc(C(C)(C)C)cc5)c5ccc6ccccc6c5)cc34)C3CC4CC(C3)CC2C4)cc1.